The van der Waals surface area contributed by atoms with E-state index in [1.165, 1.54) is 0 Å². The lowest BCUT2D eigenvalue weighted by atomic mass is 9.87. The molecule has 1 atom stereocenters. The van der Waals surface area contributed by atoms with Crippen LogP contribution in [0.2, 0.25) is 5.82 Å². The summed E-state index contributed by atoms with van der Waals surface area (Å²) in [7, 11) is 5.60. The second-order valence-corrected chi connectivity index (χ2v) is 1.94. The zero-order valence-corrected chi connectivity index (χ0v) is 6.17. The first kappa shape index (κ1) is 8.54. The van der Waals surface area contributed by atoms with E-state index >= 15 is 0 Å². The average molecular weight is 120 g/mol. The predicted molar refractivity (Wildman–Crippen MR) is 43.7 cm³/mol. The number of rotatable bonds is 3. The van der Waals surface area contributed by atoms with Crippen LogP contribution in [0.15, 0.2) is 24.3 Å². The van der Waals surface area contributed by atoms with Crippen LogP contribution in [-0.2, 0) is 0 Å². The van der Waals surface area contributed by atoms with Crippen molar-refractivity contribution in [2.45, 2.75) is 26.1 Å². The van der Waals surface area contributed by atoms with E-state index in [0.29, 0.717) is 0 Å². The van der Waals surface area contributed by atoms with Crippen LogP contribution in [0.1, 0.15) is 20.3 Å². The van der Waals surface area contributed by atoms with E-state index in [-0.39, 0.29) is 5.82 Å². The lowest BCUT2D eigenvalue weighted by molar-refractivity contribution is 1.19. The molecule has 0 aromatic heterocycles. The maximum absolute atomic E-state index is 5.60. The molecular weight excluding hydrogens is 107 g/mol. The van der Waals surface area contributed by atoms with Gasteiger partial charge in [-0.25, -0.2) is 0 Å². The van der Waals surface area contributed by atoms with Crippen LogP contribution in [-0.4, -0.2) is 7.85 Å². The summed E-state index contributed by atoms with van der Waals surface area (Å²) >= 11 is 0. The minimum Gasteiger partial charge on any atom is -0.0918 e. The summed E-state index contributed by atoms with van der Waals surface area (Å²) in [4.78, 5) is 0. The van der Waals surface area contributed by atoms with Crippen molar-refractivity contribution >= 4 is 7.85 Å². The van der Waals surface area contributed by atoms with Gasteiger partial charge in [0.1, 0.15) is 0 Å². The third-order valence-electron chi connectivity index (χ3n) is 1.01. The van der Waals surface area contributed by atoms with Crippen molar-refractivity contribution in [2.24, 2.45) is 0 Å². The van der Waals surface area contributed by atoms with E-state index in [2.05, 4.69) is 13.0 Å². The van der Waals surface area contributed by atoms with Crippen LogP contribution in [0.5, 0.6) is 0 Å². The molecule has 0 saturated heterocycles. The number of allylic oxidation sites excluding steroid dienone is 4. The fraction of sp³-hybridized carbons (Fsp3) is 0.500. The first-order valence-corrected chi connectivity index (χ1v) is 3.36. The van der Waals surface area contributed by atoms with Crippen molar-refractivity contribution in [3.8, 4) is 0 Å². The minimum atomic E-state index is 0.106. The van der Waals surface area contributed by atoms with Gasteiger partial charge in [0.05, 0.1) is 7.85 Å². The van der Waals surface area contributed by atoms with Crippen molar-refractivity contribution in [1.82, 2.24) is 0 Å². The van der Waals surface area contributed by atoms with Gasteiger partial charge in [-0.05, 0) is 19.2 Å². The van der Waals surface area contributed by atoms with E-state index in [0.717, 1.165) is 6.42 Å². The van der Waals surface area contributed by atoms with Crippen LogP contribution in [0.3, 0.4) is 0 Å². The quantitative estimate of drug-likeness (QED) is 0.396. The Hall–Kier alpha value is -0.455. The monoisotopic (exact) mass is 120 g/mol. The molecule has 1 unspecified atom stereocenters. The number of hydrogen-bond donors (Lipinski definition) is 0. The molecule has 9 heavy (non-hydrogen) atoms. The molecular formula is C8H13B. The molecule has 0 N–H and O–H groups in total. The highest BCUT2D eigenvalue weighted by Crippen LogP contribution is 2.02. The summed E-state index contributed by atoms with van der Waals surface area (Å²) in [5.74, 6) is 0.106. The fourth-order valence-electron chi connectivity index (χ4n) is 0.580. The minimum absolute atomic E-state index is 0.106. The Morgan fingerprint density at radius 3 is 2.56 bits per heavy atom. The van der Waals surface area contributed by atoms with E-state index in [1.54, 1.807) is 0 Å². The lowest BCUT2D eigenvalue weighted by Gasteiger charge is -1.94. The Morgan fingerprint density at radius 1 is 1.44 bits per heavy atom. The van der Waals surface area contributed by atoms with Crippen molar-refractivity contribution in [3.05, 3.63) is 24.3 Å². The summed E-state index contributed by atoms with van der Waals surface area (Å²) in [5, 5.41) is 0. The molecule has 0 aliphatic carbocycles. The fourth-order valence-corrected chi connectivity index (χ4v) is 0.580. The summed E-state index contributed by atoms with van der Waals surface area (Å²) in [5.41, 5.74) is 0. The van der Waals surface area contributed by atoms with Crippen LogP contribution >= 0.6 is 0 Å². The lowest BCUT2D eigenvalue weighted by Crippen LogP contribution is -1.78. The Balaban J connectivity index is 3.48. The average Bonchev–Trinajstić information content (AvgIpc) is 1.85. The maximum atomic E-state index is 5.60. The van der Waals surface area contributed by atoms with Gasteiger partial charge in [-0.15, -0.1) is 0 Å². The molecule has 0 aliphatic rings. The zero-order chi connectivity index (χ0) is 7.11. The van der Waals surface area contributed by atoms with E-state index < -0.39 is 0 Å². The van der Waals surface area contributed by atoms with E-state index in [9.17, 15) is 0 Å². The largest absolute Gasteiger partial charge is 0.0918 e. The summed E-state index contributed by atoms with van der Waals surface area (Å²) in [6.45, 7) is 4.07. The standard InChI is InChI=1S/C8H13B/c1-3-5-7-8(9)6-4-2/h4-8H,3H2,1-2H3. The molecule has 0 nitrogen and oxygen atoms in total. The van der Waals surface area contributed by atoms with E-state index in [1.807, 2.05) is 25.2 Å². The van der Waals surface area contributed by atoms with Crippen LogP contribution in [0.4, 0.5) is 0 Å². The van der Waals surface area contributed by atoms with Gasteiger partial charge in [-0.3, -0.25) is 0 Å². The van der Waals surface area contributed by atoms with Crippen LogP contribution in [0, 0.1) is 0 Å². The van der Waals surface area contributed by atoms with Gasteiger partial charge in [0.25, 0.3) is 0 Å². The van der Waals surface area contributed by atoms with Gasteiger partial charge in [0.2, 0.25) is 0 Å². The molecule has 0 rings (SSSR count). The highest BCUT2D eigenvalue weighted by molar-refractivity contribution is 6.14. The van der Waals surface area contributed by atoms with E-state index in [4.69, 9.17) is 7.85 Å². The van der Waals surface area contributed by atoms with Gasteiger partial charge < -0.3 is 0 Å². The molecule has 48 valence electrons. The molecule has 0 aliphatic heterocycles. The molecule has 0 bridgehead atoms. The molecule has 0 aromatic carbocycles. The molecule has 0 heterocycles. The van der Waals surface area contributed by atoms with Crippen molar-refractivity contribution in [1.29, 1.82) is 0 Å². The topological polar surface area (TPSA) is 0 Å². The molecule has 1 heteroatoms. The molecule has 0 amide bonds. The van der Waals surface area contributed by atoms with Gasteiger partial charge in [-0.2, -0.15) is 0 Å². The molecule has 0 fully saturated rings. The molecule has 0 spiro atoms. The second kappa shape index (κ2) is 5.68. The van der Waals surface area contributed by atoms with Gasteiger partial charge in [-0.1, -0.05) is 31.2 Å². The SMILES string of the molecule is [B]C(C=CC)C=CCC. The third kappa shape index (κ3) is 5.42. The normalized spacial score (nSPS) is 15.3. The Labute approximate surface area is 59.1 Å². The van der Waals surface area contributed by atoms with Gasteiger partial charge in [0.15, 0.2) is 0 Å². The van der Waals surface area contributed by atoms with Crippen molar-refractivity contribution in [2.75, 3.05) is 0 Å². The molecule has 0 aromatic rings. The Morgan fingerprint density at radius 2 is 2.11 bits per heavy atom. The maximum Gasteiger partial charge on any atom is 0.0811 e. The Kier molecular flexibility index (Phi) is 5.39. The van der Waals surface area contributed by atoms with Gasteiger partial charge >= 0.3 is 0 Å². The zero-order valence-electron chi connectivity index (χ0n) is 6.17. The van der Waals surface area contributed by atoms with Crippen molar-refractivity contribution in [3.63, 3.8) is 0 Å². The third-order valence-corrected chi connectivity index (χ3v) is 1.01. The highest BCUT2D eigenvalue weighted by atomic mass is 13.8. The first-order valence-electron chi connectivity index (χ1n) is 3.36. The predicted octanol–water partition coefficient (Wildman–Crippen LogP) is 2.49. The van der Waals surface area contributed by atoms with Gasteiger partial charge in [0, 0.05) is 0 Å². The first-order chi connectivity index (χ1) is 4.31. The summed E-state index contributed by atoms with van der Waals surface area (Å²) in [6.07, 6.45) is 9.06. The highest BCUT2D eigenvalue weighted by Gasteiger charge is 1.84. The molecule has 2 radical (unpaired) electrons. The second-order valence-electron chi connectivity index (χ2n) is 1.94. The Bertz CT molecular complexity index is 103. The van der Waals surface area contributed by atoms with Crippen LogP contribution < -0.4 is 0 Å². The van der Waals surface area contributed by atoms with Crippen molar-refractivity contribution < 1.29 is 0 Å². The molecule has 0 saturated carbocycles. The summed E-state index contributed by atoms with van der Waals surface area (Å²) < 4.78 is 0. The number of hydrogen-bond acceptors (Lipinski definition) is 0. The summed E-state index contributed by atoms with van der Waals surface area (Å²) in [6, 6.07) is 0. The smallest absolute Gasteiger partial charge is 0.0811 e. The van der Waals surface area contributed by atoms with Crippen LogP contribution in [0.25, 0.3) is 0 Å².